The summed E-state index contributed by atoms with van der Waals surface area (Å²) >= 11 is 1.42. The van der Waals surface area contributed by atoms with Gasteiger partial charge in [0.25, 0.3) is 5.91 Å². The second kappa shape index (κ2) is 7.12. The van der Waals surface area contributed by atoms with Gasteiger partial charge in [0.1, 0.15) is 10.6 Å². The van der Waals surface area contributed by atoms with E-state index in [0.29, 0.717) is 17.2 Å². The van der Waals surface area contributed by atoms with E-state index in [-0.39, 0.29) is 23.7 Å². The molecular formula is C13H21ClN2O2S. The van der Waals surface area contributed by atoms with Crippen molar-refractivity contribution in [1.82, 2.24) is 10.6 Å². The number of nitrogens with one attached hydrogen (secondary N) is 2. The van der Waals surface area contributed by atoms with E-state index < -0.39 is 0 Å². The molecule has 19 heavy (non-hydrogen) atoms. The van der Waals surface area contributed by atoms with Crippen molar-refractivity contribution in [2.75, 3.05) is 26.7 Å². The fraction of sp³-hybridized carbons (Fsp3) is 0.615. The first kappa shape index (κ1) is 16.3. The van der Waals surface area contributed by atoms with Crippen molar-refractivity contribution in [3.05, 3.63) is 16.3 Å². The molecular weight excluding hydrogens is 284 g/mol. The first-order valence-electron chi connectivity index (χ1n) is 6.25. The Balaban J connectivity index is 0.00000180. The highest BCUT2D eigenvalue weighted by Gasteiger charge is 2.27. The van der Waals surface area contributed by atoms with Gasteiger partial charge in [0.2, 0.25) is 0 Å². The van der Waals surface area contributed by atoms with Crippen molar-refractivity contribution in [1.29, 1.82) is 0 Å². The summed E-state index contributed by atoms with van der Waals surface area (Å²) < 4.78 is 5.16. The minimum absolute atomic E-state index is 0. The molecule has 2 heterocycles. The number of piperidine rings is 1. The highest BCUT2D eigenvalue weighted by molar-refractivity contribution is 7.12. The number of carbonyl (C=O) groups is 1. The summed E-state index contributed by atoms with van der Waals surface area (Å²) in [6.45, 7) is 4.97. The molecule has 1 aliphatic heterocycles. The summed E-state index contributed by atoms with van der Waals surface area (Å²) in [6, 6.07) is 1.82. The lowest BCUT2D eigenvalue weighted by atomic mass is 9.83. The van der Waals surface area contributed by atoms with Crippen LogP contribution in [0, 0.1) is 5.41 Å². The summed E-state index contributed by atoms with van der Waals surface area (Å²) in [5.41, 5.74) is 0.165. The largest absolute Gasteiger partial charge is 0.495 e. The van der Waals surface area contributed by atoms with E-state index in [1.807, 2.05) is 11.4 Å². The molecule has 1 atom stereocenters. The second-order valence-corrected chi connectivity index (χ2v) is 6.01. The maximum atomic E-state index is 12.1. The second-order valence-electron chi connectivity index (χ2n) is 5.09. The number of hydrogen-bond donors (Lipinski definition) is 2. The van der Waals surface area contributed by atoms with Gasteiger partial charge in [0, 0.05) is 13.1 Å². The molecule has 108 valence electrons. The topological polar surface area (TPSA) is 50.4 Å². The van der Waals surface area contributed by atoms with Crippen LogP contribution >= 0.6 is 23.7 Å². The zero-order valence-corrected chi connectivity index (χ0v) is 13.0. The van der Waals surface area contributed by atoms with Crippen LogP contribution in [0.15, 0.2) is 11.4 Å². The molecule has 0 saturated carbocycles. The number of thiophene rings is 1. The molecule has 0 aliphatic carbocycles. The third-order valence-corrected chi connectivity index (χ3v) is 4.31. The number of rotatable bonds is 4. The first-order chi connectivity index (χ1) is 8.64. The molecule has 2 rings (SSSR count). The Morgan fingerprint density at radius 1 is 1.63 bits per heavy atom. The van der Waals surface area contributed by atoms with Crippen LogP contribution in [0.1, 0.15) is 29.4 Å². The van der Waals surface area contributed by atoms with Gasteiger partial charge in [-0.25, -0.2) is 0 Å². The van der Waals surface area contributed by atoms with Crippen LogP contribution in [0.4, 0.5) is 0 Å². The lowest BCUT2D eigenvalue weighted by Crippen LogP contribution is -2.45. The molecule has 0 spiro atoms. The average molecular weight is 305 g/mol. The van der Waals surface area contributed by atoms with Crippen molar-refractivity contribution in [3.63, 3.8) is 0 Å². The number of hydrogen-bond acceptors (Lipinski definition) is 4. The molecule has 1 fully saturated rings. The molecule has 4 nitrogen and oxygen atoms in total. The van der Waals surface area contributed by atoms with Crippen LogP contribution in [0.5, 0.6) is 5.75 Å². The summed E-state index contributed by atoms with van der Waals surface area (Å²) in [4.78, 5) is 12.7. The van der Waals surface area contributed by atoms with Crippen LogP contribution < -0.4 is 15.4 Å². The Morgan fingerprint density at radius 2 is 2.42 bits per heavy atom. The third kappa shape index (κ3) is 4.09. The zero-order chi connectivity index (χ0) is 13.0. The SMILES string of the molecule is COc1ccsc1C(=O)NCC1(C)CCCNC1.Cl. The molecule has 1 aromatic rings. The fourth-order valence-corrected chi connectivity index (χ4v) is 3.04. The van der Waals surface area contributed by atoms with E-state index in [0.717, 1.165) is 19.5 Å². The van der Waals surface area contributed by atoms with E-state index in [4.69, 9.17) is 4.74 Å². The van der Waals surface area contributed by atoms with Crippen molar-refractivity contribution >= 4 is 29.7 Å². The number of methoxy groups -OCH3 is 1. The predicted molar refractivity (Wildman–Crippen MR) is 80.7 cm³/mol. The van der Waals surface area contributed by atoms with Crippen molar-refractivity contribution < 1.29 is 9.53 Å². The van der Waals surface area contributed by atoms with Crippen molar-refractivity contribution in [2.24, 2.45) is 5.41 Å². The average Bonchev–Trinajstić information content (AvgIpc) is 2.85. The Hall–Kier alpha value is -0.780. The molecule has 1 unspecified atom stereocenters. The molecule has 0 bridgehead atoms. The van der Waals surface area contributed by atoms with Gasteiger partial charge in [0.05, 0.1) is 7.11 Å². The van der Waals surface area contributed by atoms with E-state index in [2.05, 4.69) is 17.6 Å². The highest BCUT2D eigenvalue weighted by Crippen LogP contribution is 2.26. The van der Waals surface area contributed by atoms with Gasteiger partial charge in [0.15, 0.2) is 0 Å². The van der Waals surface area contributed by atoms with Gasteiger partial charge in [-0.1, -0.05) is 6.92 Å². The van der Waals surface area contributed by atoms with E-state index in [1.54, 1.807) is 7.11 Å². The molecule has 6 heteroatoms. The van der Waals surface area contributed by atoms with Crippen LogP contribution in [0.3, 0.4) is 0 Å². The Bertz CT molecular complexity index is 417. The maximum Gasteiger partial charge on any atom is 0.265 e. The van der Waals surface area contributed by atoms with Gasteiger partial charge in [-0.2, -0.15) is 0 Å². The summed E-state index contributed by atoms with van der Waals surface area (Å²) in [5.74, 6) is 0.623. The van der Waals surface area contributed by atoms with Gasteiger partial charge in [-0.05, 0) is 36.2 Å². The molecule has 1 amide bonds. The Kier molecular flexibility index (Phi) is 6.10. The van der Waals surface area contributed by atoms with Crippen LogP contribution in [0.2, 0.25) is 0 Å². The minimum Gasteiger partial charge on any atom is -0.495 e. The molecule has 1 aliphatic rings. The monoisotopic (exact) mass is 304 g/mol. The number of halogens is 1. The summed E-state index contributed by atoms with van der Waals surface area (Å²) in [7, 11) is 1.59. The Morgan fingerprint density at radius 3 is 3.05 bits per heavy atom. The lowest BCUT2D eigenvalue weighted by Gasteiger charge is -2.34. The fourth-order valence-electron chi connectivity index (χ4n) is 2.27. The van der Waals surface area contributed by atoms with E-state index in [9.17, 15) is 4.79 Å². The highest BCUT2D eigenvalue weighted by atomic mass is 35.5. The van der Waals surface area contributed by atoms with E-state index in [1.165, 1.54) is 17.8 Å². The third-order valence-electron chi connectivity index (χ3n) is 3.42. The van der Waals surface area contributed by atoms with Crippen molar-refractivity contribution in [3.8, 4) is 5.75 Å². The minimum atomic E-state index is -0.0337. The quantitative estimate of drug-likeness (QED) is 0.897. The molecule has 0 aromatic carbocycles. The standard InChI is InChI=1S/C13H20N2O2S.ClH/c1-13(5-3-6-14-8-13)9-15-12(16)11-10(17-2)4-7-18-11;/h4,7,14H,3,5-6,8-9H2,1-2H3,(H,15,16);1H. The van der Waals surface area contributed by atoms with Gasteiger partial charge >= 0.3 is 0 Å². The van der Waals surface area contributed by atoms with Gasteiger partial charge in [-0.3, -0.25) is 4.79 Å². The molecule has 1 aromatic heterocycles. The summed E-state index contributed by atoms with van der Waals surface area (Å²) in [5, 5.41) is 8.28. The first-order valence-corrected chi connectivity index (χ1v) is 7.13. The number of carbonyl (C=O) groups excluding carboxylic acids is 1. The van der Waals surface area contributed by atoms with Gasteiger partial charge in [-0.15, -0.1) is 23.7 Å². The molecule has 2 N–H and O–H groups in total. The normalized spacial score (nSPS) is 22.4. The maximum absolute atomic E-state index is 12.1. The van der Waals surface area contributed by atoms with E-state index >= 15 is 0 Å². The molecule has 1 saturated heterocycles. The lowest BCUT2D eigenvalue weighted by molar-refractivity contribution is 0.0926. The smallest absolute Gasteiger partial charge is 0.265 e. The molecule has 0 radical (unpaired) electrons. The number of ether oxygens (including phenoxy) is 1. The van der Waals surface area contributed by atoms with Crippen LogP contribution in [0.25, 0.3) is 0 Å². The van der Waals surface area contributed by atoms with Crippen LogP contribution in [-0.2, 0) is 0 Å². The zero-order valence-electron chi connectivity index (χ0n) is 11.3. The predicted octanol–water partition coefficient (Wildman–Crippen LogP) is 2.30. The summed E-state index contributed by atoms with van der Waals surface area (Å²) in [6.07, 6.45) is 2.33. The van der Waals surface area contributed by atoms with Crippen LogP contribution in [-0.4, -0.2) is 32.7 Å². The van der Waals surface area contributed by atoms with Crippen molar-refractivity contribution in [2.45, 2.75) is 19.8 Å². The van der Waals surface area contributed by atoms with Gasteiger partial charge < -0.3 is 15.4 Å². The number of amides is 1. The Labute approximate surface area is 124 Å².